The van der Waals surface area contributed by atoms with E-state index in [4.69, 9.17) is 18.9 Å². The molecule has 0 radical (unpaired) electrons. The Morgan fingerprint density at radius 3 is 1.58 bits per heavy atom. The van der Waals surface area contributed by atoms with E-state index in [2.05, 4.69) is 328 Å². The monoisotopic (exact) mass is 1950 g/mol. The Labute approximate surface area is 774 Å². The van der Waals surface area contributed by atoms with Crippen LogP contribution in [0.5, 0.6) is 46.0 Å². The minimum atomic E-state index is -3.25. The molecule has 0 spiro atoms. The molecule has 3 unspecified atom stereocenters. The van der Waals surface area contributed by atoms with Crippen LogP contribution < -0.4 is 77.9 Å². The molecule has 10 heterocycles. The second-order valence-corrected chi connectivity index (χ2v) is 51.3. The first kappa shape index (κ1) is 78.3. The molecule has 17 aromatic carbocycles. The summed E-state index contributed by atoms with van der Waals surface area (Å²) >= 11 is 1.45. The number of hydrogen-bond donors (Lipinski definition) is 0. The fourth-order valence-corrected chi connectivity index (χ4v) is 45.8. The topological polar surface area (TPSA) is 96.3 Å². The summed E-state index contributed by atoms with van der Waals surface area (Å²) in [4.78, 5) is 2.28. The normalized spacial score (nSPS) is 17.8. The van der Waals surface area contributed by atoms with Gasteiger partial charge in [-0.05, 0) is 47.5 Å². The van der Waals surface area contributed by atoms with Gasteiger partial charge in [0.05, 0.1) is 22.4 Å². The Kier molecular flexibility index (Phi) is 17.7. The average Bonchev–Trinajstić information content (AvgIpc) is 1.39. The van der Waals surface area contributed by atoms with Crippen molar-refractivity contribution in [3.05, 3.63) is 409 Å². The van der Waals surface area contributed by atoms with E-state index < -0.39 is 21.4 Å². The molecule has 3 aromatic heterocycles. The van der Waals surface area contributed by atoms with Crippen LogP contribution in [0.2, 0.25) is 0 Å². The van der Waals surface area contributed by atoms with Crippen molar-refractivity contribution >= 4 is 195 Å². The van der Waals surface area contributed by atoms with Crippen LogP contribution in [0.3, 0.4) is 0 Å². The number of benzene rings is 17. The van der Waals surface area contributed by atoms with Crippen LogP contribution in [0.1, 0.15) is 49.9 Å². The number of fused-ring (bicyclic) bond motifs is 22. The van der Waals surface area contributed by atoms with Crippen molar-refractivity contribution in [3.8, 4) is 96.2 Å². The molecule has 0 bridgehead atoms. The maximum atomic E-state index is 16.8. The number of nitrogens with zero attached hydrogens (tertiary/aromatic N) is 2. The summed E-state index contributed by atoms with van der Waals surface area (Å²) < 4.78 is 86.2. The van der Waals surface area contributed by atoms with Gasteiger partial charge in [-0.25, -0.2) is 0 Å². The number of allylic oxidation sites excluding steroid dienone is 1. The molecular weight excluding hydrogens is 1870 g/mol. The third-order valence-electron chi connectivity index (χ3n) is 27.0. The zero-order valence-corrected chi connectivity index (χ0v) is 79.2. The van der Waals surface area contributed by atoms with Gasteiger partial charge in [0.2, 0.25) is 0 Å². The van der Waals surface area contributed by atoms with Crippen LogP contribution >= 0.6 is 32.8 Å². The molecule has 0 N–H and O–H groups in total. The van der Waals surface area contributed by atoms with E-state index >= 15 is 13.7 Å². The quantitative estimate of drug-likeness (QED) is 0.120. The predicted octanol–water partition coefficient (Wildman–Crippen LogP) is 24.3. The fourth-order valence-electron chi connectivity index (χ4n) is 21.0. The first-order valence-corrected chi connectivity index (χ1v) is 54.6. The van der Waals surface area contributed by atoms with Gasteiger partial charge in [0, 0.05) is 27.6 Å². The predicted molar refractivity (Wildman–Crippen MR) is 541 cm³/mol. The van der Waals surface area contributed by atoms with E-state index in [1.54, 1.807) is 11.3 Å². The van der Waals surface area contributed by atoms with E-state index in [9.17, 15) is 0 Å². The number of ether oxygens (including phenoxy) is 4. The summed E-state index contributed by atoms with van der Waals surface area (Å²) in [6.07, 6.45) is 0. The molecule has 16 heteroatoms. The first-order valence-electron chi connectivity index (χ1n) is 43.5. The van der Waals surface area contributed by atoms with Gasteiger partial charge in [-0.3, -0.25) is 0 Å². The van der Waals surface area contributed by atoms with Crippen LogP contribution in [-0.4, -0.2) is 49.0 Å². The molecule has 8 aliphatic rings. The van der Waals surface area contributed by atoms with Gasteiger partial charge in [-0.15, -0.1) is 11.3 Å². The number of aromatic nitrogens is 1. The van der Waals surface area contributed by atoms with Crippen LogP contribution in [0, 0.1) is 0 Å². The van der Waals surface area contributed by atoms with Gasteiger partial charge in [-0.1, -0.05) is 92.7 Å². The summed E-state index contributed by atoms with van der Waals surface area (Å²) in [6.45, 7) is 9.26. The molecule has 0 fully saturated rings. The number of rotatable bonds is 6. The Morgan fingerprint density at radius 2 is 0.869 bits per heavy atom. The number of thiophene rings is 1. The van der Waals surface area contributed by atoms with E-state index in [0.717, 1.165) is 107 Å². The van der Waals surface area contributed by atoms with Gasteiger partial charge in [0.1, 0.15) is 27.2 Å². The molecule has 130 heavy (non-hydrogen) atoms. The summed E-state index contributed by atoms with van der Waals surface area (Å²) in [7, 11) is -9.72. The van der Waals surface area contributed by atoms with Gasteiger partial charge in [-0.2, -0.15) is 0 Å². The van der Waals surface area contributed by atoms with Crippen LogP contribution in [-0.2, 0) is 24.5 Å². The molecule has 1 aliphatic carbocycles. The summed E-state index contributed by atoms with van der Waals surface area (Å²) in [6, 6.07) is 133. The molecule has 7 aliphatic heterocycles. The van der Waals surface area contributed by atoms with Crippen LogP contribution in [0.15, 0.2) is 387 Å². The summed E-state index contributed by atoms with van der Waals surface area (Å²) in [5.41, 5.74) is 20.4. The second kappa shape index (κ2) is 29.4. The molecule has 3 atom stereocenters. The molecule has 20 aromatic rings. The zero-order chi connectivity index (χ0) is 86.8. The van der Waals surface area contributed by atoms with Crippen molar-refractivity contribution in [3.63, 3.8) is 0 Å². The van der Waals surface area contributed by atoms with Gasteiger partial charge >= 0.3 is 520 Å². The number of para-hydroxylation sites is 6. The number of hydrogen-bond acceptors (Lipinski definition) is 9. The van der Waals surface area contributed by atoms with Crippen molar-refractivity contribution in [2.45, 2.75) is 38.5 Å². The molecular formula is C114H75N2O7P3SSe3. The fraction of sp³-hybridized carbons (Fsp3) is 0.0526. The molecule has 28 rings (SSSR count). The van der Waals surface area contributed by atoms with Crippen molar-refractivity contribution in [2.24, 2.45) is 0 Å². The second-order valence-electron chi connectivity index (χ2n) is 34.9. The minimum absolute atomic E-state index is 0.0136. The Hall–Kier alpha value is -12.8. The standard InChI is InChI=1S/C41H29OPSe2.C38H22NO3PSe.C35H24NO3PS/c1-41(2)33-21-13-12-20-30(33)36-40(41)45-39-32(28-18-10-5-11-19-28)25-31(27-16-8-4-9-17-27)38-37(39)43(36,42)34-23-22-29(24-35(34)44-38)26-14-6-3-7-15-26;40-43-33-16-8-7-15-31(33)41-35-25(19-21-32(37(35)43)42-36-27-13-5-9-17-34(27)44-38(36)43)23-18-20-30-28(22-23)26-12-4-6-14-29(26)39(30)24-10-2-1-3-11-24;1-35(2)23-12-4-6-14-25(23)36(26-15-7-5-13-24(26)35)21-19-28-33-29(20-21)39-32-22-11-3-10-18-31(22)41-34(32)40(33,37)30-17-9-8-16-27(30)38-28/h3-25H,1-2H3;1-22H;3-20H,1-2H3. The molecule has 0 saturated carbocycles. The van der Waals surface area contributed by atoms with Crippen molar-refractivity contribution < 1.29 is 32.6 Å². The molecule has 0 saturated heterocycles. The third kappa shape index (κ3) is 11.3. The Balaban J connectivity index is 0.000000103. The van der Waals surface area contributed by atoms with Crippen molar-refractivity contribution in [2.75, 3.05) is 4.90 Å². The molecule has 0 amide bonds. The SMILES string of the molecule is CC1(C)C2=C(c3ccccc31)P1(=O)c3ccc(-c4ccccc4)cc3[Se]c3c(-c4ccccc4)cc(-c4ccccc4)c(c31)[Se]2.CC1(C)c2ccccc2N(c2cc3c4c(c2)Oc2c(sc5ccccc25)P4(=O)c2ccccc2O3)c2ccccc21.O=P12c3ccccc3Oc3c(-c4ccc5c(c4)c4ccccc4n5-c4ccccc4)ccc(c31)Oc1c2[se]c2ccccc12. The van der Waals surface area contributed by atoms with Gasteiger partial charge in [0.15, 0.2) is 12.9 Å². The van der Waals surface area contributed by atoms with E-state index in [0.29, 0.717) is 50.9 Å². The molecule has 622 valence electrons. The third-order valence-corrected chi connectivity index (χ3v) is 49.2. The van der Waals surface area contributed by atoms with E-state index in [1.165, 1.54) is 83.1 Å². The zero-order valence-electron chi connectivity index (χ0n) is 70.6. The Morgan fingerprint density at radius 1 is 0.323 bits per heavy atom. The van der Waals surface area contributed by atoms with E-state index in [-0.39, 0.29) is 55.2 Å². The van der Waals surface area contributed by atoms with Gasteiger partial charge < -0.3 is 18.9 Å². The first-order chi connectivity index (χ1) is 63.6. The van der Waals surface area contributed by atoms with E-state index in [1.807, 2.05) is 91.0 Å². The molecule has 9 nitrogen and oxygen atoms in total. The summed E-state index contributed by atoms with van der Waals surface area (Å²) in [5, 5.41) is 10.5. The van der Waals surface area contributed by atoms with Crippen LogP contribution in [0.4, 0.5) is 17.1 Å². The maximum absolute atomic E-state index is 16.8. The average molecular weight is 1950 g/mol. The summed E-state index contributed by atoms with van der Waals surface area (Å²) in [5.74, 6) is 5.18. The van der Waals surface area contributed by atoms with Gasteiger partial charge in [0.25, 0.3) is 0 Å². The number of anilines is 3. The Bertz CT molecular complexity index is 8460. The van der Waals surface area contributed by atoms with Crippen LogP contribution in [0.25, 0.3) is 97.0 Å². The van der Waals surface area contributed by atoms with Crippen molar-refractivity contribution in [1.29, 1.82) is 0 Å². The van der Waals surface area contributed by atoms with Crippen molar-refractivity contribution in [1.82, 2.24) is 4.57 Å².